The molecule has 0 saturated carbocycles. The predicted octanol–water partition coefficient (Wildman–Crippen LogP) is 3.62. The van der Waals surface area contributed by atoms with Gasteiger partial charge in [-0.1, -0.05) is 24.3 Å². The average molecular weight is 266 g/mol. The molecule has 2 aromatic rings. The highest BCUT2D eigenvalue weighted by Crippen LogP contribution is 2.34. The second kappa shape index (κ2) is 4.85. The van der Waals surface area contributed by atoms with Crippen molar-refractivity contribution in [2.75, 3.05) is 7.11 Å². The third kappa shape index (κ3) is 2.07. The Bertz CT molecular complexity index is 714. The second-order valence-electron chi connectivity index (χ2n) is 4.66. The first-order chi connectivity index (χ1) is 9.69. The van der Waals surface area contributed by atoms with Crippen molar-refractivity contribution >= 4 is 11.9 Å². The lowest BCUT2D eigenvalue weighted by Crippen LogP contribution is -1.98. The zero-order chi connectivity index (χ0) is 14.1. The van der Waals surface area contributed by atoms with Crippen LogP contribution in [0.4, 0.5) is 0 Å². The Morgan fingerprint density at radius 2 is 1.95 bits per heavy atom. The molecule has 0 bridgehead atoms. The largest absolute Gasteiger partial charge is 0.497 e. The van der Waals surface area contributed by atoms with E-state index < -0.39 is 0 Å². The minimum absolute atomic E-state index is 0.0918. The van der Waals surface area contributed by atoms with Gasteiger partial charge in [-0.15, -0.1) is 0 Å². The molecule has 0 saturated heterocycles. The van der Waals surface area contributed by atoms with Gasteiger partial charge in [-0.25, -0.2) is 0 Å². The zero-order valence-electron chi connectivity index (χ0n) is 11.3. The van der Waals surface area contributed by atoms with Crippen LogP contribution >= 0.6 is 0 Å². The van der Waals surface area contributed by atoms with Crippen molar-refractivity contribution in [2.24, 2.45) is 0 Å². The van der Waals surface area contributed by atoms with Crippen molar-refractivity contribution in [3.8, 4) is 11.5 Å². The van der Waals surface area contributed by atoms with Gasteiger partial charge in [0.15, 0.2) is 5.76 Å². The summed E-state index contributed by atoms with van der Waals surface area (Å²) < 4.78 is 10.8. The number of methoxy groups -OCH3 is 1. The molecule has 100 valence electrons. The zero-order valence-corrected chi connectivity index (χ0v) is 11.3. The van der Waals surface area contributed by atoms with Gasteiger partial charge >= 0.3 is 0 Å². The summed E-state index contributed by atoms with van der Waals surface area (Å²) in [7, 11) is 1.59. The number of carbonyl (C=O) groups excluding carboxylic acids is 1. The number of allylic oxidation sites excluding steroid dienone is 1. The van der Waals surface area contributed by atoms with Crippen LogP contribution < -0.4 is 9.47 Å². The molecular weight excluding hydrogens is 252 g/mol. The normalized spacial score (nSPS) is 15.1. The van der Waals surface area contributed by atoms with E-state index in [0.29, 0.717) is 22.8 Å². The van der Waals surface area contributed by atoms with E-state index in [1.54, 1.807) is 31.4 Å². The van der Waals surface area contributed by atoms with Crippen LogP contribution in [-0.2, 0) is 0 Å². The highest BCUT2D eigenvalue weighted by Gasteiger charge is 2.27. The Morgan fingerprint density at radius 1 is 1.15 bits per heavy atom. The number of benzene rings is 2. The Hall–Kier alpha value is -2.55. The fourth-order valence-electron chi connectivity index (χ4n) is 2.18. The molecule has 2 aromatic carbocycles. The molecule has 1 heterocycles. The minimum atomic E-state index is -0.0918. The van der Waals surface area contributed by atoms with Gasteiger partial charge in [0.2, 0.25) is 5.78 Å². The third-order valence-corrected chi connectivity index (χ3v) is 3.35. The van der Waals surface area contributed by atoms with E-state index in [0.717, 1.165) is 11.1 Å². The number of Topliss-reactive ketones (excluding diaryl/α,β-unsaturated/α-hetero) is 1. The van der Waals surface area contributed by atoms with E-state index in [9.17, 15) is 4.79 Å². The third-order valence-electron chi connectivity index (χ3n) is 3.35. The number of carbonyl (C=O) groups is 1. The Morgan fingerprint density at radius 3 is 2.70 bits per heavy atom. The molecular formula is C17H14O3. The molecule has 0 spiro atoms. The molecule has 0 radical (unpaired) electrons. The summed E-state index contributed by atoms with van der Waals surface area (Å²) >= 11 is 0. The van der Waals surface area contributed by atoms with E-state index in [4.69, 9.17) is 9.47 Å². The number of fused-ring (bicyclic) bond motifs is 1. The fraction of sp³-hybridized carbons (Fsp3) is 0.118. The lowest BCUT2D eigenvalue weighted by atomic mass is 10.1. The van der Waals surface area contributed by atoms with Gasteiger partial charge in [0.25, 0.3) is 0 Å². The lowest BCUT2D eigenvalue weighted by Gasteiger charge is -2.02. The van der Waals surface area contributed by atoms with E-state index in [-0.39, 0.29) is 5.78 Å². The maximum absolute atomic E-state index is 12.3. The molecule has 3 rings (SSSR count). The second-order valence-corrected chi connectivity index (χ2v) is 4.66. The number of hydrogen-bond acceptors (Lipinski definition) is 3. The summed E-state index contributed by atoms with van der Waals surface area (Å²) in [5, 5.41) is 0. The average Bonchev–Trinajstić information content (AvgIpc) is 2.77. The summed E-state index contributed by atoms with van der Waals surface area (Å²) in [4.78, 5) is 12.3. The smallest absolute Gasteiger partial charge is 0.231 e. The van der Waals surface area contributed by atoms with Crippen LogP contribution in [0.15, 0.2) is 48.2 Å². The fourth-order valence-corrected chi connectivity index (χ4v) is 2.18. The van der Waals surface area contributed by atoms with Gasteiger partial charge in [-0.05, 0) is 36.3 Å². The molecule has 0 atom stereocenters. The minimum Gasteiger partial charge on any atom is -0.497 e. The maximum Gasteiger partial charge on any atom is 0.231 e. The van der Waals surface area contributed by atoms with Gasteiger partial charge in [-0.3, -0.25) is 4.79 Å². The molecule has 1 aliphatic rings. The van der Waals surface area contributed by atoms with E-state index in [2.05, 4.69) is 0 Å². The van der Waals surface area contributed by atoms with Gasteiger partial charge in [0, 0.05) is 6.07 Å². The SMILES string of the molecule is COc1ccc2c(c1)O/C(=C/c1ccccc1C)C2=O. The van der Waals surface area contributed by atoms with Crippen LogP contribution in [-0.4, -0.2) is 12.9 Å². The van der Waals surface area contributed by atoms with Crippen LogP contribution in [0.25, 0.3) is 6.08 Å². The van der Waals surface area contributed by atoms with Crippen LogP contribution in [0.5, 0.6) is 11.5 Å². The monoisotopic (exact) mass is 266 g/mol. The Balaban J connectivity index is 1.99. The van der Waals surface area contributed by atoms with Gasteiger partial charge in [0.05, 0.1) is 12.7 Å². The van der Waals surface area contributed by atoms with Crippen molar-refractivity contribution in [2.45, 2.75) is 6.92 Å². The van der Waals surface area contributed by atoms with E-state index in [1.165, 1.54) is 0 Å². The molecule has 0 aromatic heterocycles. The summed E-state index contributed by atoms with van der Waals surface area (Å²) in [6.07, 6.45) is 1.78. The highest BCUT2D eigenvalue weighted by molar-refractivity contribution is 6.14. The molecule has 3 heteroatoms. The molecule has 20 heavy (non-hydrogen) atoms. The number of ketones is 1. The molecule has 3 nitrogen and oxygen atoms in total. The summed E-state index contributed by atoms with van der Waals surface area (Å²) in [5.74, 6) is 1.48. The number of rotatable bonds is 2. The summed E-state index contributed by atoms with van der Waals surface area (Å²) in [5.41, 5.74) is 2.66. The Kier molecular flexibility index (Phi) is 3.03. The molecule has 0 aliphatic carbocycles. The summed E-state index contributed by atoms with van der Waals surface area (Å²) in [6, 6.07) is 13.1. The van der Waals surface area contributed by atoms with Crippen LogP contribution in [0, 0.1) is 6.92 Å². The standard InChI is InChI=1S/C17H14O3/c1-11-5-3-4-6-12(11)9-16-17(18)14-8-7-13(19-2)10-15(14)20-16/h3-10H,1-2H3/b16-9+. The first-order valence-corrected chi connectivity index (χ1v) is 6.37. The van der Waals surface area contributed by atoms with Crippen molar-refractivity contribution in [1.29, 1.82) is 0 Å². The van der Waals surface area contributed by atoms with Crippen molar-refractivity contribution in [3.05, 3.63) is 64.9 Å². The first kappa shape index (κ1) is 12.5. The van der Waals surface area contributed by atoms with Crippen molar-refractivity contribution in [1.82, 2.24) is 0 Å². The molecule has 0 amide bonds. The van der Waals surface area contributed by atoms with Gasteiger partial charge in [0.1, 0.15) is 11.5 Å². The molecule has 0 unspecified atom stereocenters. The lowest BCUT2D eigenvalue weighted by molar-refractivity contribution is 0.101. The molecule has 0 N–H and O–H groups in total. The van der Waals surface area contributed by atoms with Crippen LogP contribution in [0.1, 0.15) is 21.5 Å². The van der Waals surface area contributed by atoms with Crippen molar-refractivity contribution in [3.63, 3.8) is 0 Å². The summed E-state index contributed by atoms with van der Waals surface area (Å²) in [6.45, 7) is 2.00. The highest BCUT2D eigenvalue weighted by atomic mass is 16.5. The van der Waals surface area contributed by atoms with Gasteiger partial charge < -0.3 is 9.47 Å². The van der Waals surface area contributed by atoms with Crippen LogP contribution in [0.2, 0.25) is 0 Å². The number of hydrogen-bond donors (Lipinski definition) is 0. The topological polar surface area (TPSA) is 35.5 Å². The van der Waals surface area contributed by atoms with E-state index in [1.807, 2.05) is 31.2 Å². The number of ether oxygens (including phenoxy) is 2. The van der Waals surface area contributed by atoms with Gasteiger partial charge in [-0.2, -0.15) is 0 Å². The molecule has 1 aliphatic heterocycles. The quantitative estimate of drug-likeness (QED) is 0.779. The van der Waals surface area contributed by atoms with E-state index >= 15 is 0 Å². The van der Waals surface area contributed by atoms with Crippen molar-refractivity contribution < 1.29 is 14.3 Å². The maximum atomic E-state index is 12.3. The predicted molar refractivity (Wildman–Crippen MR) is 77.1 cm³/mol. The Labute approximate surface area is 117 Å². The van der Waals surface area contributed by atoms with Crippen LogP contribution in [0.3, 0.4) is 0 Å². The molecule has 0 fully saturated rings. The first-order valence-electron chi connectivity index (χ1n) is 6.37. The number of aryl methyl sites for hydroxylation is 1.